The number of carbonyl (C=O) groups excluding carboxylic acids is 2. The first-order valence-corrected chi connectivity index (χ1v) is 11.6. The van der Waals surface area contributed by atoms with Gasteiger partial charge >= 0.3 is 30.1 Å². The number of aromatic nitrogens is 2. The maximum absolute atomic E-state index is 13.8. The molecule has 1 saturated heterocycles. The molecule has 1 fully saturated rings. The van der Waals surface area contributed by atoms with Crippen LogP contribution in [-0.4, -0.2) is 41.0 Å². The summed E-state index contributed by atoms with van der Waals surface area (Å²) in [6.45, 7) is 0.413. The third kappa shape index (κ3) is 5.44. The molecule has 0 unspecified atom stereocenters. The Morgan fingerprint density at radius 2 is 1.60 bits per heavy atom. The van der Waals surface area contributed by atoms with Crippen molar-refractivity contribution < 1.29 is 45.4 Å². The third-order valence-corrected chi connectivity index (χ3v) is 5.93. The zero-order valence-corrected chi connectivity index (χ0v) is 20.5. The van der Waals surface area contributed by atoms with E-state index in [4.69, 9.17) is 9.47 Å². The minimum atomic E-state index is -5.49. The molecule has 1 aliphatic rings. The van der Waals surface area contributed by atoms with Gasteiger partial charge in [0.05, 0.1) is 36.5 Å². The van der Waals surface area contributed by atoms with Crippen molar-refractivity contribution in [3.05, 3.63) is 91.8 Å². The SMILES string of the molecule is CCOC(=O)c1cn(-c2ccc(N3CCOC3=O)cc2)c(=O)n(Cc2cccc(C(F)(F)F)c2C(F)(F)F)c1=O. The highest BCUT2D eigenvalue weighted by Crippen LogP contribution is 2.42. The normalized spacial score (nSPS) is 13.9. The second-order valence-electron chi connectivity index (χ2n) is 8.42. The monoisotopic (exact) mass is 571 g/mol. The highest BCUT2D eigenvalue weighted by Gasteiger charge is 2.44. The molecule has 2 heterocycles. The Bertz CT molecular complexity index is 1570. The molecule has 1 aromatic heterocycles. The number of nitrogens with zero attached hydrogens (tertiary/aromatic N) is 3. The van der Waals surface area contributed by atoms with Crippen LogP contribution in [0.4, 0.5) is 36.8 Å². The average Bonchev–Trinajstić information content (AvgIpc) is 3.31. The summed E-state index contributed by atoms with van der Waals surface area (Å²) in [7, 11) is 0. The topological polar surface area (TPSA) is 99.8 Å². The van der Waals surface area contributed by atoms with Crippen molar-refractivity contribution in [2.45, 2.75) is 25.8 Å². The van der Waals surface area contributed by atoms with Crippen molar-refractivity contribution in [3.8, 4) is 5.69 Å². The lowest BCUT2D eigenvalue weighted by Gasteiger charge is -2.20. The molecule has 40 heavy (non-hydrogen) atoms. The summed E-state index contributed by atoms with van der Waals surface area (Å²) in [4.78, 5) is 52.0. The van der Waals surface area contributed by atoms with Crippen LogP contribution < -0.4 is 16.1 Å². The van der Waals surface area contributed by atoms with Gasteiger partial charge in [0.25, 0.3) is 5.56 Å². The quantitative estimate of drug-likeness (QED) is 0.325. The molecule has 0 N–H and O–H groups in total. The number of hydrogen-bond acceptors (Lipinski definition) is 6. The number of alkyl halides is 6. The lowest BCUT2D eigenvalue weighted by atomic mass is 9.99. The van der Waals surface area contributed by atoms with Gasteiger partial charge in [-0.25, -0.2) is 14.4 Å². The third-order valence-electron chi connectivity index (χ3n) is 5.93. The van der Waals surface area contributed by atoms with Crippen molar-refractivity contribution in [2.24, 2.45) is 0 Å². The Hall–Kier alpha value is -4.56. The molecule has 0 spiro atoms. The number of rotatable bonds is 6. The molecule has 4 rings (SSSR count). The summed E-state index contributed by atoms with van der Waals surface area (Å²) in [5.74, 6) is -1.20. The number of halogens is 6. The van der Waals surface area contributed by atoms with Gasteiger partial charge in [-0.1, -0.05) is 12.1 Å². The van der Waals surface area contributed by atoms with E-state index in [-0.39, 0.29) is 36.1 Å². The molecule has 1 amide bonds. The predicted molar refractivity (Wildman–Crippen MR) is 126 cm³/mol. The molecule has 0 aliphatic carbocycles. The first-order valence-electron chi connectivity index (χ1n) is 11.6. The van der Waals surface area contributed by atoms with Crippen LogP contribution in [0.3, 0.4) is 0 Å². The van der Waals surface area contributed by atoms with Crippen molar-refractivity contribution in [3.63, 3.8) is 0 Å². The van der Waals surface area contributed by atoms with Crippen LogP contribution in [0.25, 0.3) is 5.69 Å². The minimum Gasteiger partial charge on any atom is -0.462 e. The van der Waals surface area contributed by atoms with E-state index in [1.165, 1.54) is 36.1 Å². The molecule has 0 saturated carbocycles. The fourth-order valence-electron chi connectivity index (χ4n) is 4.17. The number of esters is 1. The van der Waals surface area contributed by atoms with Gasteiger partial charge in [-0.15, -0.1) is 0 Å². The van der Waals surface area contributed by atoms with Crippen molar-refractivity contribution >= 4 is 17.7 Å². The van der Waals surface area contributed by atoms with Crippen LogP contribution in [0.5, 0.6) is 0 Å². The summed E-state index contributed by atoms with van der Waals surface area (Å²) >= 11 is 0. The number of carbonyl (C=O) groups is 2. The Balaban J connectivity index is 1.90. The van der Waals surface area contributed by atoms with Crippen LogP contribution in [0, 0.1) is 0 Å². The number of cyclic esters (lactones) is 1. The maximum atomic E-state index is 13.8. The highest BCUT2D eigenvalue weighted by molar-refractivity contribution is 5.89. The largest absolute Gasteiger partial charge is 0.462 e. The van der Waals surface area contributed by atoms with Gasteiger partial charge in [0.15, 0.2) is 0 Å². The van der Waals surface area contributed by atoms with E-state index in [1.54, 1.807) is 0 Å². The van der Waals surface area contributed by atoms with Crippen LogP contribution >= 0.6 is 0 Å². The first-order chi connectivity index (χ1) is 18.7. The number of anilines is 1. The summed E-state index contributed by atoms with van der Waals surface area (Å²) in [6, 6.07) is 7.16. The predicted octanol–water partition coefficient (Wildman–Crippen LogP) is 4.22. The van der Waals surface area contributed by atoms with E-state index in [0.717, 1.165) is 10.8 Å². The van der Waals surface area contributed by atoms with Crippen LogP contribution in [-0.2, 0) is 28.4 Å². The van der Waals surface area contributed by atoms with E-state index >= 15 is 0 Å². The summed E-state index contributed by atoms with van der Waals surface area (Å²) in [6.07, 6.45) is -10.7. The average molecular weight is 571 g/mol. The number of ether oxygens (including phenoxy) is 2. The maximum Gasteiger partial charge on any atom is 0.417 e. The van der Waals surface area contributed by atoms with E-state index in [0.29, 0.717) is 17.8 Å². The summed E-state index contributed by atoms with van der Waals surface area (Å²) in [5, 5.41) is 0. The van der Waals surface area contributed by atoms with Crippen LogP contribution in [0.15, 0.2) is 58.3 Å². The molecule has 212 valence electrons. The van der Waals surface area contributed by atoms with Crippen LogP contribution in [0.2, 0.25) is 0 Å². The summed E-state index contributed by atoms with van der Waals surface area (Å²) in [5.41, 5.74) is -8.00. The van der Waals surface area contributed by atoms with Gasteiger partial charge in [-0.3, -0.25) is 18.8 Å². The van der Waals surface area contributed by atoms with Gasteiger partial charge in [-0.2, -0.15) is 26.3 Å². The van der Waals surface area contributed by atoms with E-state index in [9.17, 15) is 45.5 Å². The summed E-state index contributed by atoms with van der Waals surface area (Å²) < 4.78 is 92.4. The Morgan fingerprint density at radius 3 is 2.15 bits per heavy atom. The molecule has 2 aromatic carbocycles. The zero-order chi connectivity index (χ0) is 29.4. The van der Waals surface area contributed by atoms with Gasteiger partial charge < -0.3 is 9.47 Å². The lowest BCUT2D eigenvalue weighted by Crippen LogP contribution is -2.42. The van der Waals surface area contributed by atoms with Crippen molar-refractivity contribution in [1.82, 2.24) is 9.13 Å². The smallest absolute Gasteiger partial charge is 0.417 e. The Labute approximate surface area is 220 Å². The molecular weight excluding hydrogens is 552 g/mol. The van der Waals surface area contributed by atoms with Gasteiger partial charge in [0.1, 0.15) is 12.2 Å². The second-order valence-corrected chi connectivity index (χ2v) is 8.42. The molecule has 9 nitrogen and oxygen atoms in total. The zero-order valence-electron chi connectivity index (χ0n) is 20.5. The fourth-order valence-corrected chi connectivity index (χ4v) is 4.17. The standard InChI is InChI=1S/C25H19F6N3O6/c1-2-39-21(36)17-13-33(16-8-6-15(7-9-16)32-10-11-40-23(32)38)22(37)34(20(17)35)12-14-4-3-5-18(24(26,27)28)19(14)25(29,30)31/h3-9,13H,2,10-12H2,1H3. The fraction of sp³-hybridized carbons (Fsp3) is 0.280. The Kier molecular flexibility index (Phi) is 7.50. The highest BCUT2D eigenvalue weighted by atomic mass is 19.4. The van der Waals surface area contributed by atoms with E-state index in [2.05, 4.69) is 0 Å². The molecule has 15 heteroatoms. The van der Waals surface area contributed by atoms with Crippen LogP contribution in [0.1, 0.15) is 34.0 Å². The van der Waals surface area contributed by atoms with Crippen molar-refractivity contribution in [1.29, 1.82) is 0 Å². The molecule has 3 aromatic rings. The molecule has 0 atom stereocenters. The van der Waals surface area contributed by atoms with Gasteiger partial charge in [0, 0.05) is 11.9 Å². The second kappa shape index (κ2) is 10.5. The van der Waals surface area contributed by atoms with E-state index in [1.807, 2.05) is 0 Å². The van der Waals surface area contributed by atoms with Crippen molar-refractivity contribution in [2.75, 3.05) is 24.7 Å². The molecule has 0 radical (unpaired) electrons. The molecular formula is C25H19F6N3O6. The first kappa shape index (κ1) is 28.4. The molecule has 0 bridgehead atoms. The Morgan fingerprint density at radius 1 is 0.950 bits per heavy atom. The number of benzene rings is 2. The lowest BCUT2D eigenvalue weighted by molar-refractivity contribution is -0.162. The van der Waals surface area contributed by atoms with E-state index < -0.39 is 64.5 Å². The number of hydrogen-bond donors (Lipinski definition) is 0. The molecule has 1 aliphatic heterocycles. The van der Waals surface area contributed by atoms with Gasteiger partial charge in [0.2, 0.25) is 0 Å². The minimum absolute atomic E-state index is 0.0284. The number of amides is 1. The van der Waals surface area contributed by atoms with Gasteiger partial charge in [-0.05, 0) is 42.8 Å².